The van der Waals surface area contributed by atoms with Crippen molar-refractivity contribution in [1.29, 1.82) is 0 Å². The number of nitrogens with one attached hydrogen (secondary N) is 1. The highest BCUT2D eigenvalue weighted by atomic mass is 35.5. The van der Waals surface area contributed by atoms with Crippen LogP contribution in [-0.2, 0) is 16.1 Å². The van der Waals surface area contributed by atoms with E-state index in [1.54, 1.807) is 42.5 Å². The molecule has 0 radical (unpaired) electrons. The molecule has 0 bridgehead atoms. The van der Waals surface area contributed by atoms with Crippen molar-refractivity contribution in [3.05, 3.63) is 69.2 Å². The molecule has 4 amide bonds. The number of halogens is 2. The number of hydrogen-bond donors (Lipinski definition) is 1. The van der Waals surface area contributed by atoms with Gasteiger partial charge in [-0.1, -0.05) is 48.3 Å². The van der Waals surface area contributed by atoms with Crippen LogP contribution in [0.25, 0.3) is 0 Å². The molecule has 0 spiro atoms. The molecule has 0 aliphatic carbocycles. The molecule has 33 heavy (non-hydrogen) atoms. The van der Waals surface area contributed by atoms with Crippen molar-refractivity contribution in [1.82, 2.24) is 15.1 Å². The molecule has 1 heterocycles. The summed E-state index contributed by atoms with van der Waals surface area (Å²) < 4.78 is 0. The Balaban J connectivity index is 1.73. The quantitative estimate of drug-likeness (QED) is 0.540. The number of carbonyl (C=O) groups excluding carboxylic acids is 4. The van der Waals surface area contributed by atoms with Gasteiger partial charge in [0.1, 0.15) is 6.04 Å². The number of rotatable bonds is 9. The van der Waals surface area contributed by atoms with Crippen LogP contribution in [0.3, 0.4) is 0 Å². The monoisotopic (exact) mass is 489 g/mol. The highest BCUT2D eigenvalue weighted by Gasteiger charge is 2.35. The van der Waals surface area contributed by atoms with Crippen molar-refractivity contribution < 1.29 is 19.2 Å². The molecule has 2 aromatic rings. The molecule has 0 saturated carbocycles. The third-order valence-electron chi connectivity index (χ3n) is 5.67. The smallest absolute Gasteiger partial charge is 0.261 e. The van der Waals surface area contributed by atoms with Gasteiger partial charge in [0.2, 0.25) is 11.8 Å². The van der Waals surface area contributed by atoms with Crippen LogP contribution in [0, 0.1) is 0 Å². The molecule has 7 nitrogen and oxygen atoms in total. The first-order valence-corrected chi connectivity index (χ1v) is 11.4. The number of likely N-dealkylation sites (N-methyl/N-ethyl adjacent to an activating group) is 1. The molecule has 1 aliphatic heterocycles. The predicted molar refractivity (Wildman–Crippen MR) is 126 cm³/mol. The van der Waals surface area contributed by atoms with E-state index in [4.69, 9.17) is 23.2 Å². The minimum atomic E-state index is -0.714. The summed E-state index contributed by atoms with van der Waals surface area (Å²) in [6.07, 6.45) is 0.704. The zero-order valence-corrected chi connectivity index (χ0v) is 19.9. The van der Waals surface area contributed by atoms with Crippen LogP contribution in [0.1, 0.15) is 52.5 Å². The Morgan fingerprint density at radius 3 is 2.09 bits per heavy atom. The van der Waals surface area contributed by atoms with Crippen LogP contribution in [0.4, 0.5) is 0 Å². The summed E-state index contributed by atoms with van der Waals surface area (Å²) in [7, 11) is 1.51. The molecule has 2 aromatic carbocycles. The Hall–Kier alpha value is -2.90. The Kier molecular flexibility index (Phi) is 8.10. The molecule has 1 atom stereocenters. The average molecular weight is 490 g/mol. The second-order valence-electron chi connectivity index (χ2n) is 7.67. The van der Waals surface area contributed by atoms with Gasteiger partial charge in [0, 0.05) is 42.2 Å². The maximum absolute atomic E-state index is 13.2. The highest BCUT2D eigenvalue weighted by Crippen LogP contribution is 2.28. The Bertz CT molecular complexity index is 1030. The zero-order valence-electron chi connectivity index (χ0n) is 18.4. The van der Waals surface area contributed by atoms with E-state index in [0.29, 0.717) is 33.2 Å². The van der Waals surface area contributed by atoms with Crippen molar-refractivity contribution in [2.24, 2.45) is 0 Å². The van der Waals surface area contributed by atoms with Crippen LogP contribution in [0.2, 0.25) is 10.0 Å². The number of imide groups is 1. The minimum Gasteiger partial charge on any atom is -0.357 e. The van der Waals surface area contributed by atoms with Crippen molar-refractivity contribution in [2.75, 3.05) is 13.6 Å². The zero-order chi connectivity index (χ0) is 24.1. The lowest BCUT2D eigenvalue weighted by atomic mass is 10.1. The second-order valence-corrected chi connectivity index (χ2v) is 8.49. The van der Waals surface area contributed by atoms with Gasteiger partial charge in [-0.25, -0.2) is 0 Å². The van der Waals surface area contributed by atoms with E-state index in [1.807, 2.05) is 6.92 Å². The summed E-state index contributed by atoms with van der Waals surface area (Å²) >= 11 is 12.6. The first kappa shape index (κ1) is 24.7. The number of benzene rings is 2. The Labute approximate surface area is 202 Å². The van der Waals surface area contributed by atoms with Crippen LogP contribution < -0.4 is 5.32 Å². The van der Waals surface area contributed by atoms with E-state index >= 15 is 0 Å². The van der Waals surface area contributed by atoms with E-state index < -0.39 is 6.04 Å². The van der Waals surface area contributed by atoms with E-state index in [1.165, 1.54) is 11.9 Å². The molecule has 174 valence electrons. The standard InChI is InChI=1S/C24H25Cl2N3O4/c1-3-20(22(31)27-2)29(14-17-18(25)10-6-11-19(17)26)21(30)12-7-13-28-23(32)15-8-4-5-9-16(15)24(28)33/h4-6,8-11,20H,3,7,12-14H2,1-2H3,(H,27,31). The number of carbonyl (C=O) groups is 4. The van der Waals surface area contributed by atoms with Gasteiger partial charge in [0.15, 0.2) is 0 Å². The highest BCUT2D eigenvalue weighted by molar-refractivity contribution is 6.36. The largest absolute Gasteiger partial charge is 0.357 e. The minimum absolute atomic E-state index is 0.0446. The molecule has 0 aromatic heterocycles. The van der Waals surface area contributed by atoms with Gasteiger partial charge in [-0.2, -0.15) is 0 Å². The molecule has 0 fully saturated rings. The normalized spacial score (nSPS) is 13.6. The van der Waals surface area contributed by atoms with Crippen LogP contribution in [-0.4, -0.2) is 53.1 Å². The molecular weight excluding hydrogens is 465 g/mol. The summed E-state index contributed by atoms with van der Waals surface area (Å²) in [5.74, 6) is -1.31. The van der Waals surface area contributed by atoms with Gasteiger partial charge < -0.3 is 10.2 Å². The lowest BCUT2D eigenvalue weighted by Crippen LogP contribution is -2.48. The molecule has 9 heteroatoms. The molecule has 1 aliphatic rings. The van der Waals surface area contributed by atoms with E-state index in [0.717, 1.165) is 4.90 Å². The van der Waals surface area contributed by atoms with Gasteiger partial charge >= 0.3 is 0 Å². The molecule has 1 N–H and O–H groups in total. The first-order chi connectivity index (χ1) is 15.8. The average Bonchev–Trinajstić information content (AvgIpc) is 3.05. The second kappa shape index (κ2) is 10.8. The fourth-order valence-electron chi connectivity index (χ4n) is 3.91. The molecular formula is C24H25Cl2N3O4. The van der Waals surface area contributed by atoms with Gasteiger partial charge in [-0.05, 0) is 37.1 Å². The van der Waals surface area contributed by atoms with E-state index in [9.17, 15) is 19.2 Å². The van der Waals surface area contributed by atoms with Crippen molar-refractivity contribution in [3.63, 3.8) is 0 Å². The van der Waals surface area contributed by atoms with Crippen LogP contribution in [0.5, 0.6) is 0 Å². The third kappa shape index (κ3) is 5.20. The SMILES string of the molecule is CCC(C(=O)NC)N(Cc1c(Cl)cccc1Cl)C(=O)CCCN1C(=O)c2ccccc2C1=O. The lowest BCUT2D eigenvalue weighted by molar-refractivity contribution is -0.141. The van der Waals surface area contributed by atoms with Crippen molar-refractivity contribution >= 4 is 46.8 Å². The maximum Gasteiger partial charge on any atom is 0.261 e. The van der Waals surface area contributed by atoms with Crippen molar-refractivity contribution in [2.45, 2.75) is 38.8 Å². The Morgan fingerprint density at radius 2 is 1.58 bits per heavy atom. The Morgan fingerprint density at radius 1 is 1.00 bits per heavy atom. The molecule has 3 rings (SSSR count). The van der Waals surface area contributed by atoms with Gasteiger partial charge in [0.05, 0.1) is 11.1 Å². The predicted octanol–water partition coefficient (Wildman–Crippen LogP) is 3.92. The first-order valence-electron chi connectivity index (χ1n) is 10.7. The summed E-state index contributed by atoms with van der Waals surface area (Å²) in [5, 5.41) is 3.39. The fourth-order valence-corrected chi connectivity index (χ4v) is 4.43. The summed E-state index contributed by atoms with van der Waals surface area (Å²) in [6, 6.07) is 11.0. The molecule has 0 saturated heterocycles. The number of hydrogen-bond acceptors (Lipinski definition) is 4. The van der Waals surface area contributed by atoms with Crippen LogP contribution >= 0.6 is 23.2 Å². The number of fused-ring (bicyclic) bond motifs is 1. The third-order valence-corrected chi connectivity index (χ3v) is 6.38. The van der Waals surface area contributed by atoms with E-state index in [-0.39, 0.29) is 49.6 Å². The van der Waals surface area contributed by atoms with Gasteiger partial charge in [-0.15, -0.1) is 0 Å². The van der Waals surface area contributed by atoms with E-state index in [2.05, 4.69) is 5.32 Å². The number of amides is 4. The fraction of sp³-hybridized carbons (Fsp3) is 0.333. The topological polar surface area (TPSA) is 86.8 Å². The lowest BCUT2D eigenvalue weighted by Gasteiger charge is -2.31. The number of nitrogens with zero attached hydrogens (tertiary/aromatic N) is 2. The summed E-state index contributed by atoms with van der Waals surface area (Å²) in [6.45, 7) is 1.99. The summed E-state index contributed by atoms with van der Waals surface area (Å²) in [4.78, 5) is 53.4. The van der Waals surface area contributed by atoms with Gasteiger partial charge in [0.25, 0.3) is 11.8 Å². The molecule has 1 unspecified atom stereocenters. The van der Waals surface area contributed by atoms with Gasteiger partial charge in [-0.3, -0.25) is 24.1 Å². The summed E-state index contributed by atoms with van der Waals surface area (Å²) in [5.41, 5.74) is 1.29. The maximum atomic E-state index is 13.2. The van der Waals surface area contributed by atoms with Crippen molar-refractivity contribution in [3.8, 4) is 0 Å². The van der Waals surface area contributed by atoms with Crippen LogP contribution in [0.15, 0.2) is 42.5 Å².